The number of carboxylic acids is 1. The zero-order valence-corrected chi connectivity index (χ0v) is 19.7. The lowest BCUT2D eigenvalue weighted by Gasteiger charge is -2.07. The lowest BCUT2D eigenvalue weighted by Crippen LogP contribution is -2.21. The summed E-state index contributed by atoms with van der Waals surface area (Å²) in [7, 11) is 0. The molecule has 0 spiro atoms. The molecule has 0 aliphatic rings. The molecule has 9 heteroatoms. The molecule has 5 rings (SSSR count). The third kappa shape index (κ3) is 6.59. The van der Waals surface area contributed by atoms with Crippen LogP contribution in [0.4, 0.5) is 13.2 Å². The normalized spacial score (nSPS) is 11.2. The maximum Gasteiger partial charge on any atom is 0.490 e. The fourth-order valence-corrected chi connectivity index (χ4v) is 4.35. The summed E-state index contributed by atoms with van der Waals surface area (Å²) in [6.45, 7) is 1.73. The second-order valence-electron chi connectivity index (χ2n) is 7.89. The monoisotopic (exact) mass is 509 g/mol. The number of benzene rings is 3. The Morgan fingerprint density at radius 3 is 2.28 bits per heavy atom. The highest BCUT2D eigenvalue weighted by Gasteiger charge is 2.38. The molecule has 0 fully saturated rings. The third-order valence-electron chi connectivity index (χ3n) is 5.23. The van der Waals surface area contributed by atoms with Gasteiger partial charge < -0.3 is 15.4 Å². The smallest absolute Gasteiger partial charge is 0.475 e. The van der Waals surface area contributed by atoms with Crippen LogP contribution in [-0.4, -0.2) is 27.2 Å². The molecule has 36 heavy (non-hydrogen) atoms. The Labute approximate surface area is 209 Å². The number of fused-ring (bicyclic) bond motifs is 1. The number of rotatable bonds is 6. The van der Waals surface area contributed by atoms with Crippen LogP contribution in [0.15, 0.2) is 90.3 Å². The number of halogens is 3. The van der Waals surface area contributed by atoms with Crippen molar-refractivity contribution >= 4 is 28.3 Å². The predicted molar refractivity (Wildman–Crippen MR) is 136 cm³/mol. The van der Waals surface area contributed by atoms with Gasteiger partial charge in [0.2, 0.25) is 0 Å². The number of nitrogens with one attached hydrogen (secondary N) is 2. The van der Waals surface area contributed by atoms with Gasteiger partial charge in [-0.2, -0.15) is 13.2 Å². The molecule has 3 aromatic carbocycles. The van der Waals surface area contributed by atoms with Crippen molar-refractivity contribution in [2.45, 2.75) is 19.3 Å². The number of carboxylic acid groups (broad SMARTS) is 1. The summed E-state index contributed by atoms with van der Waals surface area (Å²) in [5, 5.41) is 12.9. The average Bonchev–Trinajstić information content (AvgIpc) is 3.52. The van der Waals surface area contributed by atoms with Crippen molar-refractivity contribution in [2.75, 3.05) is 0 Å². The first-order valence-electron chi connectivity index (χ1n) is 11.0. The zero-order chi connectivity index (χ0) is 25.5. The summed E-state index contributed by atoms with van der Waals surface area (Å²) >= 11 is 1.72. The van der Waals surface area contributed by atoms with Crippen molar-refractivity contribution < 1.29 is 23.1 Å². The highest BCUT2D eigenvalue weighted by Crippen LogP contribution is 2.32. The van der Waals surface area contributed by atoms with Gasteiger partial charge in [0, 0.05) is 13.1 Å². The number of carbonyl (C=O) groups is 1. The van der Waals surface area contributed by atoms with Crippen molar-refractivity contribution in [1.82, 2.24) is 15.3 Å². The maximum absolute atomic E-state index is 10.6. The number of aromatic nitrogens is 2. The van der Waals surface area contributed by atoms with Gasteiger partial charge in [0.15, 0.2) is 0 Å². The van der Waals surface area contributed by atoms with Crippen molar-refractivity contribution in [3.05, 3.63) is 101 Å². The summed E-state index contributed by atoms with van der Waals surface area (Å²) in [6, 6.07) is 29.6. The number of alkyl halides is 3. The minimum Gasteiger partial charge on any atom is -0.475 e. The summed E-state index contributed by atoms with van der Waals surface area (Å²) in [6.07, 6.45) is -5.08. The molecule has 2 heterocycles. The lowest BCUT2D eigenvalue weighted by molar-refractivity contribution is -0.192. The summed E-state index contributed by atoms with van der Waals surface area (Å²) < 4.78 is 31.7. The van der Waals surface area contributed by atoms with Gasteiger partial charge in [0.1, 0.15) is 5.82 Å². The van der Waals surface area contributed by atoms with Gasteiger partial charge in [-0.15, -0.1) is 11.3 Å². The van der Waals surface area contributed by atoms with E-state index in [0.29, 0.717) is 0 Å². The topological polar surface area (TPSA) is 78.0 Å². The molecule has 184 valence electrons. The molecule has 0 aliphatic heterocycles. The highest BCUT2D eigenvalue weighted by molar-refractivity contribution is 7.13. The molecule has 5 nitrogen and oxygen atoms in total. The first-order chi connectivity index (χ1) is 17.3. The lowest BCUT2D eigenvalue weighted by atomic mass is 10.1. The summed E-state index contributed by atoms with van der Waals surface area (Å²) in [4.78, 5) is 18.2. The van der Waals surface area contributed by atoms with Crippen molar-refractivity contribution in [1.29, 1.82) is 0 Å². The Kier molecular flexibility index (Phi) is 7.82. The molecule has 0 atom stereocenters. The molecular formula is C27H22F3N3O2S. The summed E-state index contributed by atoms with van der Waals surface area (Å²) in [5.74, 6) is -1.82. The maximum atomic E-state index is 10.6. The van der Waals surface area contributed by atoms with Crippen LogP contribution in [0.2, 0.25) is 0 Å². The zero-order valence-electron chi connectivity index (χ0n) is 18.9. The fourth-order valence-electron chi connectivity index (χ4n) is 3.49. The van der Waals surface area contributed by atoms with Crippen molar-refractivity contribution in [2.24, 2.45) is 0 Å². The number of aliphatic carboxylic acids is 1. The van der Waals surface area contributed by atoms with Gasteiger partial charge in [0.05, 0.1) is 15.9 Å². The van der Waals surface area contributed by atoms with E-state index >= 15 is 0 Å². The molecule has 2 aromatic heterocycles. The molecule has 5 aromatic rings. The van der Waals surface area contributed by atoms with E-state index in [4.69, 9.17) is 14.9 Å². The van der Waals surface area contributed by atoms with Gasteiger partial charge in [-0.3, -0.25) is 0 Å². The van der Waals surface area contributed by atoms with Crippen LogP contribution in [-0.2, 0) is 17.9 Å². The number of H-pyrrole nitrogens is 1. The Bertz CT molecular complexity index is 1410. The molecule has 0 bridgehead atoms. The average molecular weight is 510 g/mol. The highest BCUT2D eigenvalue weighted by atomic mass is 32.1. The van der Waals surface area contributed by atoms with Crippen LogP contribution in [0.5, 0.6) is 0 Å². The van der Waals surface area contributed by atoms with E-state index in [0.717, 1.165) is 34.8 Å². The third-order valence-corrected chi connectivity index (χ3v) is 6.16. The van der Waals surface area contributed by atoms with Crippen LogP contribution < -0.4 is 5.32 Å². The minimum atomic E-state index is -5.08. The largest absolute Gasteiger partial charge is 0.490 e. The molecule has 0 radical (unpaired) electrons. The van der Waals surface area contributed by atoms with Gasteiger partial charge in [-0.1, -0.05) is 60.7 Å². The molecule has 0 saturated carbocycles. The molecule has 0 unspecified atom stereocenters. The first kappa shape index (κ1) is 25.2. The van der Waals surface area contributed by atoms with Gasteiger partial charge in [0.25, 0.3) is 0 Å². The van der Waals surface area contributed by atoms with Crippen LogP contribution in [0.1, 0.15) is 11.1 Å². The predicted octanol–water partition coefficient (Wildman–Crippen LogP) is 6.88. The molecule has 3 N–H and O–H groups in total. The standard InChI is InChI=1S/C25H21N3S.C2HF3O2/c1-2-7-18(8-3-1)15-26-16-19-9-6-10-20(13-19)21-14-24(29-17-21)25-27-22-11-4-5-12-23(22)28-25;3-2(4,5)1(6)7/h1-14,17,26H,15-16H2,(H,27,28);(H,6,7). The van der Waals surface area contributed by atoms with Crippen molar-refractivity contribution in [3.63, 3.8) is 0 Å². The summed E-state index contributed by atoms with van der Waals surface area (Å²) in [5.41, 5.74) is 7.14. The molecular weight excluding hydrogens is 487 g/mol. The number of hydrogen-bond donors (Lipinski definition) is 3. The van der Waals surface area contributed by atoms with E-state index in [9.17, 15) is 13.2 Å². The minimum absolute atomic E-state index is 0.850. The number of nitrogens with zero attached hydrogens (tertiary/aromatic N) is 1. The quantitative estimate of drug-likeness (QED) is 0.233. The van der Waals surface area contributed by atoms with Crippen LogP contribution >= 0.6 is 11.3 Å². The van der Waals surface area contributed by atoms with Crippen LogP contribution in [0, 0.1) is 0 Å². The Morgan fingerprint density at radius 1 is 0.889 bits per heavy atom. The van der Waals surface area contributed by atoms with Crippen LogP contribution in [0.3, 0.4) is 0 Å². The Hall–Kier alpha value is -3.95. The molecule has 0 saturated heterocycles. The van der Waals surface area contributed by atoms with Gasteiger partial charge in [-0.05, 0) is 51.9 Å². The molecule has 0 amide bonds. The number of thiophene rings is 1. The Morgan fingerprint density at radius 2 is 1.56 bits per heavy atom. The van der Waals surface area contributed by atoms with Gasteiger partial charge >= 0.3 is 12.1 Å². The van der Waals surface area contributed by atoms with Gasteiger partial charge in [-0.25, -0.2) is 9.78 Å². The Balaban J connectivity index is 0.000000384. The van der Waals surface area contributed by atoms with E-state index in [1.54, 1.807) is 11.3 Å². The number of para-hydroxylation sites is 2. The van der Waals surface area contributed by atoms with Crippen molar-refractivity contribution in [3.8, 4) is 21.8 Å². The van der Waals surface area contributed by atoms with Crippen LogP contribution in [0.25, 0.3) is 32.9 Å². The van der Waals surface area contributed by atoms with E-state index < -0.39 is 12.1 Å². The van der Waals surface area contributed by atoms with E-state index in [2.05, 4.69) is 76.3 Å². The van der Waals surface area contributed by atoms with E-state index in [-0.39, 0.29) is 0 Å². The fraction of sp³-hybridized carbons (Fsp3) is 0.111. The number of aromatic amines is 1. The molecule has 0 aliphatic carbocycles. The van der Waals surface area contributed by atoms with E-state index in [1.807, 2.05) is 24.3 Å². The second kappa shape index (κ2) is 11.2. The number of hydrogen-bond acceptors (Lipinski definition) is 4. The van der Waals surface area contributed by atoms with E-state index in [1.165, 1.54) is 22.3 Å². The number of imidazole rings is 1. The first-order valence-corrected chi connectivity index (χ1v) is 11.9. The second-order valence-corrected chi connectivity index (χ2v) is 8.81. The SMILES string of the molecule is O=C(O)C(F)(F)F.c1ccc(CNCc2cccc(-c3csc(-c4nc5ccccc5[nH]4)c3)c2)cc1.